The molecular formula is C8H15NO. The third kappa shape index (κ3) is 4.13. The predicted octanol–water partition coefficient (Wildman–Crippen LogP) is 1.46. The van der Waals surface area contributed by atoms with Gasteiger partial charge in [-0.1, -0.05) is 26.8 Å². The van der Waals surface area contributed by atoms with Gasteiger partial charge in [-0.05, 0) is 17.9 Å². The number of nitrogens with two attached hydrogens (primary N) is 1. The zero-order valence-electron chi connectivity index (χ0n) is 6.85. The van der Waals surface area contributed by atoms with E-state index in [-0.39, 0.29) is 11.3 Å². The van der Waals surface area contributed by atoms with E-state index in [4.69, 9.17) is 5.73 Å². The van der Waals surface area contributed by atoms with Crippen LogP contribution in [0.15, 0.2) is 12.2 Å². The van der Waals surface area contributed by atoms with Gasteiger partial charge in [0.15, 0.2) is 0 Å². The fraction of sp³-hybridized carbons (Fsp3) is 0.625. The van der Waals surface area contributed by atoms with Crippen molar-refractivity contribution in [3.63, 3.8) is 0 Å². The molecule has 0 aliphatic carbocycles. The number of primary amides is 1. The molecule has 0 fully saturated rings. The maximum atomic E-state index is 10.3. The van der Waals surface area contributed by atoms with Crippen molar-refractivity contribution in [2.75, 3.05) is 0 Å². The number of amides is 1. The Labute approximate surface area is 62.1 Å². The number of carbonyl (C=O) groups is 1. The largest absolute Gasteiger partial charge is 0.366 e. The lowest BCUT2D eigenvalue weighted by Gasteiger charge is -2.15. The summed E-state index contributed by atoms with van der Waals surface area (Å²) in [6, 6.07) is 0. The van der Waals surface area contributed by atoms with E-state index in [1.807, 2.05) is 6.08 Å². The molecule has 2 N–H and O–H groups in total. The van der Waals surface area contributed by atoms with Gasteiger partial charge in [-0.15, -0.1) is 0 Å². The van der Waals surface area contributed by atoms with Crippen LogP contribution >= 0.6 is 0 Å². The number of allylic oxidation sites excluding steroid dienone is 1. The van der Waals surface area contributed by atoms with E-state index < -0.39 is 0 Å². The molecule has 0 aromatic heterocycles. The second-order valence-corrected chi connectivity index (χ2v) is 3.08. The molecule has 10 heavy (non-hydrogen) atoms. The topological polar surface area (TPSA) is 43.1 Å². The Balaban J connectivity index is 3.99. The summed E-state index contributed by atoms with van der Waals surface area (Å²) >= 11 is 0. The van der Waals surface area contributed by atoms with Crippen molar-refractivity contribution in [2.45, 2.75) is 27.2 Å². The highest BCUT2D eigenvalue weighted by molar-refractivity contribution is 5.85. The van der Waals surface area contributed by atoms with Crippen molar-refractivity contribution in [1.82, 2.24) is 0 Å². The molecule has 0 spiro atoms. The summed E-state index contributed by atoms with van der Waals surface area (Å²) in [4.78, 5) is 10.3. The first kappa shape index (κ1) is 9.21. The average Bonchev–Trinajstić information content (AvgIpc) is 1.85. The first-order valence-corrected chi connectivity index (χ1v) is 3.46. The van der Waals surface area contributed by atoms with Crippen molar-refractivity contribution in [3.05, 3.63) is 12.2 Å². The van der Waals surface area contributed by atoms with Gasteiger partial charge in [0, 0.05) is 0 Å². The minimum atomic E-state index is -0.374. The summed E-state index contributed by atoms with van der Waals surface area (Å²) in [6.45, 7) is 6.20. The van der Waals surface area contributed by atoms with Crippen molar-refractivity contribution < 1.29 is 4.79 Å². The van der Waals surface area contributed by atoms with Gasteiger partial charge in [0.25, 0.3) is 0 Å². The second-order valence-electron chi connectivity index (χ2n) is 3.08. The molecule has 0 rings (SSSR count). The Morgan fingerprint density at radius 1 is 1.60 bits per heavy atom. The molecule has 0 saturated heterocycles. The summed E-state index contributed by atoms with van der Waals surface area (Å²) in [5.74, 6) is -0.374. The molecule has 0 heterocycles. The first-order valence-electron chi connectivity index (χ1n) is 3.46. The van der Waals surface area contributed by atoms with Gasteiger partial charge < -0.3 is 5.73 Å². The van der Waals surface area contributed by atoms with Crippen molar-refractivity contribution in [3.8, 4) is 0 Å². The molecule has 0 aromatic rings. The molecule has 0 aliphatic rings. The van der Waals surface area contributed by atoms with Crippen LogP contribution in [0.1, 0.15) is 27.2 Å². The van der Waals surface area contributed by atoms with Gasteiger partial charge >= 0.3 is 0 Å². The molecule has 0 atom stereocenters. The van der Waals surface area contributed by atoms with Gasteiger partial charge in [-0.3, -0.25) is 4.79 Å². The molecule has 0 aromatic carbocycles. The zero-order valence-corrected chi connectivity index (χ0v) is 6.85. The zero-order chi connectivity index (χ0) is 8.20. The molecule has 0 unspecified atom stereocenters. The van der Waals surface area contributed by atoms with Crippen molar-refractivity contribution >= 4 is 5.91 Å². The molecule has 0 radical (unpaired) electrons. The SMILES string of the molecule is CCC(C)(C)C=CC(N)=O. The van der Waals surface area contributed by atoms with Crippen LogP contribution in [-0.2, 0) is 4.79 Å². The highest BCUT2D eigenvalue weighted by Crippen LogP contribution is 2.20. The lowest BCUT2D eigenvalue weighted by atomic mass is 9.90. The Hall–Kier alpha value is -0.790. The van der Waals surface area contributed by atoms with E-state index >= 15 is 0 Å². The average molecular weight is 141 g/mol. The molecular weight excluding hydrogens is 126 g/mol. The van der Waals surface area contributed by atoms with Gasteiger partial charge in [0.2, 0.25) is 5.91 Å². The summed E-state index contributed by atoms with van der Waals surface area (Å²) < 4.78 is 0. The molecule has 0 bridgehead atoms. The fourth-order valence-electron chi connectivity index (χ4n) is 0.426. The predicted molar refractivity (Wildman–Crippen MR) is 42.4 cm³/mol. The van der Waals surface area contributed by atoms with E-state index in [1.54, 1.807) is 0 Å². The van der Waals surface area contributed by atoms with Gasteiger partial charge in [-0.2, -0.15) is 0 Å². The van der Waals surface area contributed by atoms with Crippen molar-refractivity contribution in [1.29, 1.82) is 0 Å². The van der Waals surface area contributed by atoms with Crippen LogP contribution in [0.5, 0.6) is 0 Å². The van der Waals surface area contributed by atoms with E-state index in [0.29, 0.717) is 0 Å². The number of hydrogen-bond acceptors (Lipinski definition) is 1. The minimum absolute atomic E-state index is 0.0923. The molecule has 58 valence electrons. The van der Waals surface area contributed by atoms with Crippen molar-refractivity contribution in [2.24, 2.45) is 11.1 Å². The van der Waals surface area contributed by atoms with Crippen LogP contribution in [-0.4, -0.2) is 5.91 Å². The lowest BCUT2D eigenvalue weighted by molar-refractivity contribution is -0.113. The standard InChI is InChI=1S/C8H15NO/c1-4-8(2,3)6-5-7(9)10/h5-6H,4H2,1-3H3,(H2,9,10). The van der Waals surface area contributed by atoms with E-state index in [2.05, 4.69) is 20.8 Å². The number of carbonyl (C=O) groups excluding carboxylic acids is 1. The second kappa shape index (κ2) is 3.40. The Morgan fingerprint density at radius 3 is 2.40 bits per heavy atom. The first-order chi connectivity index (χ1) is 4.48. The van der Waals surface area contributed by atoms with Gasteiger partial charge in [0.1, 0.15) is 0 Å². The smallest absolute Gasteiger partial charge is 0.241 e. The van der Waals surface area contributed by atoms with Crippen LogP contribution in [0.3, 0.4) is 0 Å². The third-order valence-corrected chi connectivity index (χ3v) is 1.61. The lowest BCUT2D eigenvalue weighted by Crippen LogP contribution is -2.10. The Kier molecular flexibility index (Phi) is 3.13. The summed E-state index contributed by atoms with van der Waals surface area (Å²) in [5, 5.41) is 0. The maximum absolute atomic E-state index is 10.3. The Morgan fingerprint density at radius 2 is 2.10 bits per heavy atom. The van der Waals surface area contributed by atoms with E-state index in [0.717, 1.165) is 6.42 Å². The number of rotatable bonds is 3. The van der Waals surface area contributed by atoms with Crippen LogP contribution in [0.25, 0.3) is 0 Å². The molecule has 1 amide bonds. The monoisotopic (exact) mass is 141 g/mol. The number of hydrogen-bond donors (Lipinski definition) is 1. The molecule has 2 nitrogen and oxygen atoms in total. The molecule has 0 saturated carbocycles. The van der Waals surface area contributed by atoms with Crippen LogP contribution < -0.4 is 5.73 Å². The quantitative estimate of drug-likeness (QED) is 0.594. The van der Waals surface area contributed by atoms with Crippen LogP contribution in [0.4, 0.5) is 0 Å². The third-order valence-electron chi connectivity index (χ3n) is 1.61. The summed E-state index contributed by atoms with van der Waals surface area (Å²) in [6.07, 6.45) is 4.27. The van der Waals surface area contributed by atoms with E-state index in [1.165, 1.54) is 6.08 Å². The van der Waals surface area contributed by atoms with Crippen LogP contribution in [0, 0.1) is 5.41 Å². The van der Waals surface area contributed by atoms with E-state index in [9.17, 15) is 4.79 Å². The van der Waals surface area contributed by atoms with Gasteiger partial charge in [0.05, 0.1) is 0 Å². The maximum Gasteiger partial charge on any atom is 0.241 e. The molecule has 2 heteroatoms. The summed E-state index contributed by atoms with van der Waals surface area (Å²) in [5.41, 5.74) is 5.02. The molecule has 0 aliphatic heterocycles. The van der Waals surface area contributed by atoms with Crippen LogP contribution in [0.2, 0.25) is 0 Å². The normalized spacial score (nSPS) is 12.3. The fourth-order valence-corrected chi connectivity index (χ4v) is 0.426. The van der Waals surface area contributed by atoms with Gasteiger partial charge in [-0.25, -0.2) is 0 Å². The summed E-state index contributed by atoms with van der Waals surface area (Å²) in [7, 11) is 0. The minimum Gasteiger partial charge on any atom is -0.366 e. The highest BCUT2D eigenvalue weighted by Gasteiger charge is 2.09. The Bertz CT molecular complexity index is 147. The highest BCUT2D eigenvalue weighted by atomic mass is 16.1.